The molecule has 1 saturated carbocycles. The summed E-state index contributed by atoms with van der Waals surface area (Å²) in [6.07, 6.45) is 3.59. The molecule has 30 heavy (non-hydrogen) atoms. The van der Waals surface area contributed by atoms with Crippen molar-refractivity contribution in [3.63, 3.8) is 0 Å². The van der Waals surface area contributed by atoms with Gasteiger partial charge >= 0.3 is 5.97 Å². The number of anilines is 1. The highest BCUT2D eigenvalue weighted by molar-refractivity contribution is 6.01. The SMILES string of the molecule is CC[C@@H](C)Oc1ccc(NC(=O)C2(c3ccccc3F)CCCC2)cc1C(=O)OC. The Morgan fingerprint density at radius 3 is 2.50 bits per heavy atom. The Morgan fingerprint density at radius 1 is 1.17 bits per heavy atom. The normalized spacial score (nSPS) is 16.0. The zero-order chi connectivity index (χ0) is 21.7. The molecule has 0 bridgehead atoms. The molecule has 1 atom stereocenters. The summed E-state index contributed by atoms with van der Waals surface area (Å²) in [5.74, 6) is -0.786. The van der Waals surface area contributed by atoms with E-state index in [2.05, 4.69) is 5.32 Å². The van der Waals surface area contributed by atoms with Gasteiger partial charge in [0.2, 0.25) is 5.91 Å². The molecule has 6 heteroatoms. The van der Waals surface area contributed by atoms with E-state index in [-0.39, 0.29) is 23.4 Å². The lowest BCUT2D eigenvalue weighted by Gasteiger charge is -2.29. The van der Waals surface area contributed by atoms with Crippen molar-refractivity contribution < 1.29 is 23.5 Å². The molecular weight excluding hydrogens is 385 g/mol. The number of carbonyl (C=O) groups is 2. The topological polar surface area (TPSA) is 64.6 Å². The summed E-state index contributed by atoms with van der Waals surface area (Å²) in [5.41, 5.74) is 0.189. The van der Waals surface area contributed by atoms with Gasteiger partial charge in [-0.2, -0.15) is 0 Å². The number of esters is 1. The van der Waals surface area contributed by atoms with E-state index < -0.39 is 11.4 Å². The Kier molecular flexibility index (Phi) is 6.75. The highest BCUT2D eigenvalue weighted by Crippen LogP contribution is 2.43. The summed E-state index contributed by atoms with van der Waals surface area (Å²) < 4.78 is 25.2. The Hall–Kier alpha value is -2.89. The first-order valence-electron chi connectivity index (χ1n) is 10.4. The largest absolute Gasteiger partial charge is 0.490 e. The van der Waals surface area contributed by atoms with Crippen molar-refractivity contribution in [2.75, 3.05) is 12.4 Å². The number of amides is 1. The summed E-state index contributed by atoms with van der Waals surface area (Å²) in [6.45, 7) is 3.90. The average Bonchev–Trinajstić information content (AvgIpc) is 3.25. The van der Waals surface area contributed by atoms with Crippen LogP contribution >= 0.6 is 0 Å². The Balaban J connectivity index is 1.92. The van der Waals surface area contributed by atoms with Crippen molar-refractivity contribution in [1.82, 2.24) is 0 Å². The second-order valence-corrected chi connectivity index (χ2v) is 7.76. The van der Waals surface area contributed by atoms with Gasteiger partial charge in [-0.05, 0) is 50.5 Å². The predicted octanol–water partition coefficient (Wildman–Crippen LogP) is 5.24. The first-order chi connectivity index (χ1) is 14.4. The van der Waals surface area contributed by atoms with Gasteiger partial charge in [-0.1, -0.05) is 38.0 Å². The van der Waals surface area contributed by atoms with E-state index in [0.717, 1.165) is 19.3 Å². The minimum Gasteiger partial charge on any atom is -0.490 e. The first kappa shape index (κ1) is 21.8. The molecule has 3 rings (SSSR count). The van der Waals surface area contributed by atoms with Crippen LogP contribution in [0.25, 0.3) is 0 Å². The fourth-order valence-corrected chi connectivity index (χ4v) is 3.98. The van der Waals surface area contributed by atoms with Gasteiger partial charge in [0.25, 0.3) is 0 Å². The van der Waals surface area contributed by atoms with Crippen LogP contribution in [0.15, 0.2) is 42.5 Å². The van der Waals surface area contributed by atoms with Crippen molar-refractivity contribution in [3.05, 3.63) is 59.4 Å². The van der Waals surface area contributed by atoms with Gasteiger partial charge in [-0.25, -0.2) is 9.18 Å². The molecule has 1 amide bonds. The summed E-state index contributed by atoms with van der Waals surface area (Å²) in [5, 5.41) is 2.90. The molecule has 5 nitrogen and oxygen atoms in total. The third-order valence-corrected chi connectivity index (χ3v) is 5.83. The summed E-state index contributed by atoms with van der Waals surface area (Å²) in [4.78, 5) is 25.6. The van der Waals surface area contributed by atoms with Crippen LogP contribution in [-0.4, -0.2) is 25.1 Å². The Bertz CT molecular complexity index is 921. The molecule has 0 radical (unpaired) electrons. The molecule has 0 spiro atoms. The number of nitrogens with one attached hydrogen (secondary N) is 1. The fraction of sp³-hybridized carbons (Fsp3) is 0.417. The molecule has 1 N–H and O–H groups in total. The van der Waals surface area contributed by atoms with Gasteiger partial charge < -0.3 is 14.8 Å². The van der Waals surface area contributed by atoms with Gasteiger partial charge in [-0.3, -0.25) is 4.79 Å². The van der Waals surface area contributed by atoms with Crippen LogP contribution in [0.4, 0.5) is 10.1 Å². The average molecular weight is 413 g/mol. The predicted molar refractivity (Wildman–Crippen MR) is 113 cm³/mol. The van der Waals surface area contributed by atoms with Gasteiger partial charge in [-0.15, -0.1) is 0 Å². The number of carbonyl (C=O) groups excluding carboxylic acids is 2. The van der Waals surface area contributed by atoms with Crippen molar-refractivity contribution in [1.29, 1.82) is 0 Å². The molecule has 160 valence electrons. The lowest BCUT2D eigenvalue weighted by molar-refractivity contribution is -0.121. The van der Waals surface area contributed by atoms with Crippen LogP contribution in [0.5, 0.6) is 5.75 Å². The van der Waals surface area contributed by atoms with E-state index in [9.17, 15) is 14.0 Å². The number of methoxy groups -OCH3 is 1. The van der Waals surface area contributed by atoms with Crippen molar-refractivity contribution >= 4 is 17.6 Å². The smallest absolute Gasteiger partial charge is 0.341 e. The van der Waals surface area contributed by atoms with Crippen LogP contribution in [0, 0.1) is 5.82 Å². The molecule has 0 aliphatic heterocycles. The summed E-state index contributed by atoms with van der Waals surface area (Å²) in [7, 11) is 1.30. The lowest BCUT2D eigenvalue weighted by atomic mass is 9.77. The quantitative estimate of drug-likeness (QED) is 0.631. The van der Waals surface area contributed by atoms with Gasteiger partial charge in [0.1, 0.15) is 17.1 Å². The highest BCUT2D eigenvalue weighted by Gasteiger charge is 2.44. The number of hydrogen-bond donors (Lipinski definition) is 1. The number of benzene rings is 2. The van der Waals surface area contributed by atoms with Gasteiger partial charge in [0.15, 0.2) is 0 Å². The van der Waals surface area contributed by atoms with E-state index in [1.54, 1.807) is 36.4 Å². The molecule has 0 unspecified atom stereocenters. The van der Waals surface area contributed by atoms with Crippen LogP contribution in [-0.2, 0) is 14.9 Å². The third kappa shape index (κ3) is 4.32. The van der Waals surface area contributed by atoms with Crippen LogP contribution < -0.4 is 10.1 Å². The number of halogens is 1. The zero-order valence-electron chi connectivity index (χ0n) is 17.7. The van der Waals surface area contributed by atoms with E-state index in [1.165, 1.54) is 13.2 Å². The van der Waals surface area contributed by atoms with Crippen LogP contribution in [0.3, 0.4) is 0 Å². The van der Waals surface area contributed by atoms with Crippen molar-refractivity contribution in [3.8, 4) is 5.75 Å². The lowest BCUT2D eigenvalue weighted by Crippen LogP contribution is -2.38. The summed E-state index contributed by atoms with van der Waals surface area (Å²) in [6, 6.07) is 11.3. The minimum atomic E-state index is -0.914. The maximum atomic E-state index is 14.6. The van der Waals surface area contributed by atoms with Crippen LogP contribution in [0.2, 0.25) is 0 Å². The van der Waals surface area contributed by atoms with Crippen molar-refractivity contribution in [2.45, 2.75) is 57.5 Å². The number of hydrogen-bond acceptors (Lipinski definition) is 4. The molecule has 2 aromatic rings. The molecular formula is C24H28FNO4. The molecule has 0 heterocycles. The van der Waals surface area contributed by atoms with Crippen LogP contribution in [0.1, 0.15) is 61.9 Å². The molecule has 0 saturated heterocycles. The molecule has 2 aromatic carbocycles. The van der Waals surface area contributed by atoms with E-state index in [1.807, 2.05) is 13.8 Å². The van der Waals surface area contributed by atoms with E-state index >= 15 is 0 Å². The summed E-state index contributed by atoms with van der Waals surface area (Å²) >= 11 is 0. The highest BCUT2D eigenvalue weighted by atomic mass is 19.1. The standard InChI is InChI=1S/C24H28FNO4/c1-4-16(2)30-21-12-11-17(15-18(21)22(27)29-3)26-23(28)24(13-7-8-14-24)19-9-5-6-10-20(19)25/h5-6,9-12,15-16H,4,7-8,13-14H2,1-3H3,(H,26,28)/t16-/m1/s1. The Morgan fingerprint density at radius 2 is 1.87 bits per heavy atom. The molecule has 1 fully saturated rings. The zero-order valence-corrected chi connectivity index (χ0v) is 17.7. The monoisotopic (exact) mass is 413 g/mol. The minimum absolute atomic E-state index is 0.0725. The molecule has 0 aromatic heterocycles. The second-order valence-electron chi connectivity index (χ2n) is 7.76. The van der Waals surface area contributed by atoms with E-state index in [0.29, 0.717) is 29.8 Å². The van der Waals surface area contributed by atoms with Gasteiger partial charge in [0, 0.05) is 11.3 Å². The maximum Gasteiger partial charge on any atom is 0.341 e. The third-order valence-electron chi connectivity index (χ3n) is 5.83. The molecule has 1 aliphatic rings. The molecule has 1 aliphatic carbocycles. The van der Waals surface area contributed by atoms with Crippen molar-refractivity contribution in [2.24, 2.45) is 0 Å². The Labute approximate surface area is 176 Å². The van der Waals surface area contributed by atoms with Gasteiger partial charge in [0.05, 0.1) is 18.6 Å². The second kappa shape index (κ2) is 9.28. The maximum absolute atomic E-state index is 14.6. The number of rotatable bonds is 7. The van der Waals surface area contributed by atoms with E-state index in [4.69, 9.17) is 9.47 Å². The first-order valence-corrected chi connectivity index (χ1v) is 10.4. The number of ether oxygens (including phenoxy) is 2. The fourth-order valence-electron chi connectivity index (χ4n) is 3.98.